The minimum atomic E-state index is -0.0791. The van der Waals surface area contributed by atoms with Crippen LogP contribution in [0.3, 0.4) is 0 Å². The molecule has 1 N–H and O–H groups in total. The van der Waals surface area contributed by atoms with Gasteiger partial charge in [0.15, 0.2) is 0 Å². The van der Waals surface area contributed by atoms with E-state index in [0.29, 0.717) is 5.92 Å². The lowest BCUT2D eigenvalue weighted by molar-refractivity contribution is 0.392. The monoisotopic (exact) mass is 347 g/mol. The molecule has 21 heavy (non-hydrogen) atoms. The van der Waals surface area contributed by atoms with Crippen molar-refractivity contribution in [2.75, 3.05) is 13.1 Å². The first kappa shape index (κ1) is 14.7. The molecular weight excluding hydrogens is 329 g/mol. The molecule has 0 bridgehead atoms. The fraction of sp³-hybridized carbons (Fsp3) is 0.333. The summed E-state index contributed by atoms with van der Waals surface area (Å²) in [5.74, 6) is 0.444. The number of benzene rings is 2. The number of rotatable bonds is 2. The summed E-state index contributed by atoms with van der Waals surface area (Å²) in [6.45, 7) is 3.86. The second-order valence-electron chi connectivity index (χ2n) is 5.75. The van der Waals surface area contributed by atoms with Gasteiger partial charge in [-0.15, -0.1) is 0 Å². The molecule has 1 fully saturated rings. The summed E-state index contributed by atoms with van der Waals surface area (Å²) in [6, 6.07) is 13.7. The summed E-state index contributed by atoms with van der Waals surface area (Å²) in [6.07, 6.45) is 0.965. The van der Waals surface area contributed by atoms with Crippen LogP contribution in [-0.4, -0.2) is 13.1 Å². The summed E-state index contributed by atoms with van der Waals surface area (Å²) in [7, 11) is 0. The molecule has 0 aromatic heterocycles. The van der Waals surface area contributed by atoms with Crippen LogP contribution < -0.4 is 5.32 Å². The van der Waals surface area contributed by atoms with Gasteiger partial charge < -0.3 is 5.32 Å². The molecule has 1 nitrogen and oxygen atoms in total. The van der Waals surface area contributed by atoms with Crippen molar-refractivity contribution < 1.29 is 4.39 Å². The van der Waals surface area contributed by atoms with E-state index in [1.807, 2.05) is 25.1 Å². The van der Waals surface area contributed by atoms with E-state index in [9.17, 15) is 4.39 Å². The van der Waals surface area contributed by atoms with Crippen LogP contribution in [0.15, 0.2) is 46.9 Å². The van der Waals surface area contributed by atoms with Gasteiger partial charge in [0, 0.05) is 16.9 Å². The first-order chi connectivity index (χ1) is 10.2. The van der Waals surface area contributed by atoms with Crippen molar-refractivity contribution in [2.45, 2.75) is 25.2 Å². The zero-order valence-electron chi connectivity index (χ0n) is 12.1. The van der Waals surface area contributed by atoms with Crippen molar-refractivity contribution >= 4 is 15.9 Å². The summed E-state index contributed by atoms with van der Waals surface area (Å²) in [4.78, 5) is 0. The van der Waals surface area contributed by atoms with Gasteiger partial charge in [0.25, 0.3) is 0 Å². The average Bonchev–Trinajstić information content (AvgIpc) is 2.50. The molecule has 1 saturated heterocycles. The van der Waals surface area contributed by atoms with Gasteiger partial charge in [-0.3, -0.25) is 0 Å². The van der Waals surface area contributed by atoms with Crippen LogP contribution in [0, 0.1) is 12.7 Å². The second kappa shape index (κ2) is 6.29. The van der Waals surface area contributed by atoms with Crippen LogP contribution in [0.5, 0.6) is 0 Å². The Bertz CT molecular complexity index is 641. The maximum absolute atomic E-state index is 14.3. The average molecular weight is 348 g/mol. The predicted octanol–water partition coefficient (Wildman–Crippen LogP) is 4.76. The molecule has 1 aliphatic rings. The Morgan fingerprint density at radius 1 is 1.10 bits per heavy atom. The smallest absolute Gasteiger partial charge is 0.126 e. The Morgan fingerprint density at radius 3 is 2.71 bits per heavy atom. The summed E-state index contributed by atoms with van der Waals surface area (Å²) >= 11 is 3.64. The Balaban J connectivity index is 2.02. The fourth-order valence-corrected chi connectivity index (χ4v) is 3.86. The number of nitrogens with one attached hydrogen (secondary N) is 1. The lowest BCUT2D eigenvalue weighted by atomic mass is 9.77. The maximum Gasteiger partial charge on any atom is 0.126 e. The number of aryl methyl sites for hydroxylation is 1. The van der Waals surface area contributed by atoms with E-state index in [4.69, 9.17) is 0 Å². The van der Waals surface area contributed by atoms with Crippen LogP contribution in [0.4, 0.5) is 4.39 Å². The van der Waals surface area contributed by atoms with Gasteiger partial charge in [-0.1, -0.05) is 51.8 Å². The van der Waals surface area contributed by atoms with Crippen LogP contribution >= 0.6 is 15.9 Å². The molecule has 1 aliphatic heterocycles. The zero-order chi connectivity index (χ0) is 14.8. The molecule has 2 aromatic rings. The van der Waals surface area contributed by atoms with E-state index < -0.39 is 0 Å². The van der Waals surface area contributed by atoms with Crippen molar-refractivity contribution in [3.63, 3.8) is 0 Å². The van der Waals surface area contributed by atoms with Crippen LogP contribution in [0.1, 0.15) is 34.9 Å². The molecule has 0 aliphatic carbocycles. The Hall–Kier alpha value is -1.19. The van der Waals surface area contributed by atoms with Crippen LogP contribution in [-0.2, 0) is 0 Å². The molecule has 3 heteroatoms. The summed E-state index contributed by atoms with van der Waals surface area (Å²) < 4.78 is 15.4. The Kier molecular flexibility index (Phi) is 4.41. The largest absolute Gasteiger partial charge is 0.316 e. The lowest BCUT2D eigenvalue weighted by Gasteiger charge is -2.34. The molecule has 3 rings (SSSR count). The normalized spacial score (nSPS) is 22.2. The van der Waals surface area contributed by atoms with Crippen LogP contribution in [0.25, 0.3) is 0 Å². The molecule has 0 radical (unpaired) electrons. The van der Waals surface area contributed by atoms with E-state index in [0.717, 1.165) is 35.1 Å². The van der Waals surface area contributed by atoms with Crippen LogP contribution in [0.2, 0.25) is 0 Å². The van der Waals surface area contributed by atoms with E-state index in [1.165, 1.54) is 5.56 Å². The van der Waals surface area contributed by atoms with Crippen molar-refractivity contribution in [3.05, 3.63) is 69.4 Å². The van der Waals surface area contributed by atoms with Crippen molar-refractivity contribution in [3.8, 4) is 0 Å². The van der Waals surface area contributed by atoms with Crippen molar-refractivity contribution in [1.82, 2.24) is 5.32 Å². The Labute approximate surface area is 133 Å². The summed E-state index contributed by atoms with van der Waals surface area (Å²) in [5, 5.41) is 3.45. The highest BCUT2D eigenvalue weighted by Gasteiger charge is 2.30. The number of hydrogen-bond acceptors (Lipinski definition) is 1. The maximum atomic E-state index is 14.3. The molecule has 110 valence electrons. The van der Waals surface area contributed by atoms with Gasteiger partial charge in [0.1, 0.15) is 5.82 Å². The van der Waals surface area contributed by atoms with Gasteiger partial charge in [0.05, 0.1) is 0 Å². The van der Waals surface area contributed by atoms with E-state index in [-0.39, 0.29) is 11.7 Å². The highest BCUT2D eigenvalue weighted by molar-refractivity contribution is 9.10. The van der Waals surface area contributed by atoms with Gasteiger partial charge in [-0.05, 0) is 49.1 Å². The minimum Gasteiger partial charge on any atom is -0.316 e. The third-order valence-corrected chi connectivity index (χ3v) is 5.06. The lowest BCUT2D eigenvalue weighted by Crippen LogP contribution is -2.34. The second-order valence-corrected chi connectivity index (χ2v) is 6.61. The molecule has 0 amide bonds. The van der Waals surface area contributed by atoms with Gasteiger partial charge in [-0.25, -0.2) is 4.39 Å². The first-order valence-electron chi connectivity index (χ1n) is 7.38. The van der Waals surface area contributed by atoms with Gasteiger partial charge >= 0.3 is 0 Å². The van der Waals surface area contributed by atoms with E-state index in [1.54, 1.807) is 6.07 Å². The topological polar surface area (TPSA) is 12.0 Å². The molecule has 0 spiro atoms. The van der Waals surface area contributed by atoms with E-state index in [2.05, 4.69) is 39.4 Å². The number of piperidine rings is 1. The zero-order valence-corrected chi connectivity index (χ0v) is 13.7. The van der Waals surface area contributed by atoms with Crippen molar-refractivity contribution in [1.29, 1.82) is 0 Å². The standard InChI is InChI=1S/C18H19BrFN/c1-12-6-7-18(20)15(10-12)13-8-9-21-11-16(13)14-4-2-3-5-17(14)19/h2-7,10,13,16,21H,8-9,11H2,1H3. The predicted molar refractivity (Wildman–Crippen MR) is 88.2 cm³/mol. The number of hydrogen-bond donors (Lipinski definition) is 1. The van der Waals surface area contributed by atoms with Gasteiger partial charge in [0.2, 0.25) is 0 Å². The fourth-order valence-electron chi connectivity index (χ4n) is 3.28. The molecule has 1 heterocycles. The highest BCUT2D eigenvalue weighted by atomic mass is 79.9. The summed E-state index contributed by atoms with van der Waals surface area (Å²) in [5.41, 5.74) is 3.24. The molecule has 2 unspecified atom stereocenters. The third kappa shape index (κ3) is 3.04. The molecule has 2 atom stereocenters. The highest BCUT2D eigenvalue weighted by Crippen LogP contribution is 2.40. The third-order valence-electron chi connectivity index (χ3n) is 4.34. The van der Waals surface area contributed by atoms with Gasteiger partial charge in [-0.2, -0.15) is 0 Å². The SMILES string of the molecule is Cc1ccc(F)c(C2CCNCC2c2ccccc2Br)c1. The van der Waals surface area contributed by atoms with Crippen molar-refractivity contribution in [2.24, 2.45) is 0 Å². The molecule has 0 saturated carbocycles. The number of halogens is 2. The quantitative estimate of drug-likeness (QED) is 0.825. The Morgan fingerprint density at radius 2 is 1.90 bits per heavy atom. The minimum absolute atomic E-state index is 0.0791. The first-order valence-corrected chi connectivity index (χ1v) is 8.17. The molecular formula is C18H19BrFN. The van der Waals surface area contributed by atoms with E-state index >= 15 is 0 Å². The molecule has 2 aromatic carbocycles.